The molecule has 2 rings (SSSR count). The number of rotatable bonds is 9. The highest BCUT2D eigenvalue weighted by Crippen LogP contribution is 2.21. The van der Waals surface area contributed by atoms with Gasteiger partial charge in [-0.2, -0.15) is 0 Å². The molecular weight excluding hydrogens is 356 g/mol. The molecule has 6 heteroatoms. The molecule has 2 N–H and O–H groups in total. The monoisotopic (exact) mass is 384 g/mol. The van der Waals surface area contributed by atoms with E-state index in [-0.39, 0.29) is 18.2 Å². The molecule has 0 heterocycles. The second-order valence-electron chi connectivity index (χ2n) is 6.65. The smallest absolute Gasteiger partial charge is 0.222 e. The van der Waals surface area contributed by atoms with E-state index in [1.165, 1.54) is 6.92 Å². The zero-order chi connectivity index (χ0) is 20.5. The van der Waals surface area contributed by atoms with Crippen LogP contribution in [0.15, 0.2) is 42.5 Å². The first-order valence-electron chi connectivity index (χ1n) is 9.24. The van der Waals surface area contributed by atoms with Crippen molar-refractivity contribution in [1.82, 2.24) is 10.6 Å². The number of carbonyl (C=O) groups excluding carboxylic acids is 2. The van der Waals surface area contributed by atoms with Crippen LogP contribution in [0.5, 0.6) is 11.5 Å². The SMILES string of the molecule is COc1ccc(C(CC(=O)NCCc2cc(C)ccc2OC)NC(C)=O)cc1. The summed E-state index contributed by atoms with van der Waals surface area (Å²) < 4.78 is 10.5. The fourth-order valence-electron chi connectivity index (χ4n) is 3.03. The summed E-state index contributed by atoms with van der Waals surface area (Å²) >= 11 is 0. The summed E-state index contributed by atoms with van der Waals surface area (Å²) in [5, 5.41) is 5.77. The topological polar surface area (TPSA) is 76.7 Å². The number of nitrogens with one attached hydrogen (secondary N) is 2. The summed E-state index contributed by atoms with van der Waals surface area (Å²) in [5.41, 5.74) is 3.05. The standard InChI is InChI=1S/C22H28N2O4/c1-15-5-10-21(28-4)18(13-15)11-12-23-22(26)14-20(24-16(2)25)17-6-8-19(27-3)9-7-17/h5-10,13,20H,11-12,14H2,1-4H3,(H,23,26)(H,24,25). The molecule has 0 aliphatic heterocycles. The maximum Gasteiger partial charge on any atom is 0.222 e. The lowest BCUT2D eigenvalue weighted by Crippen LogP contribution is -2.33. The molecule has 0 aromatic heterocycles. The Hall–Kier alpha value is -3.02. The number of carbonyl (C=O) groups is 2. The molecule has 1 unspecified atom stereocenters. The van der Waals surface area contributed by atoms with Crippen LogP contribution in [-0.4, -0.2) is 32.6 Å². The van der Waals surface area contributed by atoms with Gasteiger partial charge in [0.25, 0.3) is 0 Å². The third-order valence-electron chi connectivity index (χ3n) is 4.44. The van der Waals surface area contributed by atoms with Gasteiger partial charge in [-0.1, -0.05) is 29.8 Å². The van der Waals surface area contributed by atoms with Gasteiger partial charge in [0.2, 0.25) is 11.8 Å². The van der Waals surface area contributed by atoms with Gasteiger partial charge < -0.3 is 20.1 Å². The van der Waals surface area contributed by atoms with Gasteiger partial charge >= 0.3 is 0 Å². The largest absolute Gasteiger partial charge is 0.497 e. The highest BCUT2D eigenvalue weighted by atomic mass is 16.5. The summed E-state index contributed by atoms with van der Waals surface area (Å²) in [6, 6.07) is 12.9. The fraction of sp³-hybridized carbons (Fsp3) is 0.364. The van der Waals surface area contributed by atoms with E-state index < -0.39 is 6.04 Å². The molecule has 1 atom stereocenters. The van der Waals surface area contributed by atoms with Gasteiger partial charge in [-0.05, 0) is 42.7 Å². The lowest BCUT2D eigenvalue weighted by atomic mass is 10.0. The highest BCUT2D eigenvalue weighted by Gasteiger charge is 2.17. The first-order valence-corrected chi connectivity index (χ1v) is 9.24. The Kier molecular flexibility index (Phi) is 7.87. The number of methoxy groups -OCH3 is 2. The third-order valence-corrected chi connectivity index (χ3v) is 4.44. The maximum atomic E-state index is 12.4. The summed E-state index contributed by atoms with van der Waals surface area (Å²) in [6.45, 7) is 3.96. The molecule has 28 heavy (non-hydrogen) atoms. The Bertz CT molecular complexity index is 803. The molecule has 2 amide bonds. The molecule has 2 aromatic carbocycles. The van der Waals surface area contributed by atoms with E-state index in [9.17, 15) is 9.59 Å². The van der Waals surface area contributed by atoms with Crippen LogP contribution < -0.4 is 20.1 Å². The average Bonchev–Trinajstić information content (AvgIpc) is 2.67. The van der Waals surface area contributed by atoms with Crippen LogP contribution in [0.4, 0.5) is 0 Å². The van der Waals surface area contributed by atoms with E-state index in [0.29, 0.717) is 13.0 Å². The zero-order valence-corrected chi connectivity index (χ0v) is 16.9. The van der Waals surface area contributed by atoms with E-state index in [1.807, 2.05) is 43.3 Å². The first-order chi connectivity index (χ1) is 13.4. The number of hydrogen-bond acceptors (Lipinski definition) is 4. The second-order valence-corrected chi connectivity index (χ2v) is 6.65. The summed E-state index contributed by atoms with van der Waals surface area (Å²) in [7, 11) is 3.23. The van der Waals surface area contributed by atoms with Crippen molar-refractivity contribution in [2.24, 2.45) is 0 Å². The van der Waals surface area contributed by atoms with Crippen molar-refractivity contribution >= 4 is 11.8 Å². The molecule has 0 spiro atoms. The minimum atomic E-state index is -0.392. The van der Waals surface area contributed by atoms with E-state index >= 15 is 0 Å². The fourth-order valence-corrected chi connectivity index (χ4v) is 3.03. The van der Waals surface area contributed by atoms with Gasteiger partial charge in [0.1, 0.15) is 11.5 Å². The quantitative estimate of drug-likeness (QED) is 0.697. The Morgan fingerprint density at radius 2 is 1.75 bits per heavy atom. The second kappa shape index (κ2) is 10.3. The van der Waals surface area contributed by atoms with Gasteiger partial charge in [-0.25, -0.2) is 0 Å². The Labute approximate surface area is 166 Å². The Morgan fingerprint density at radius 3 is 2.36 bits per heavy atom. The van der Waals surface area contributed by atoms with Crippen LogP contribution in [0.2, 0.25) is 0 Å². The molecule has 0 saturated carbocycles. The number of benzene rings is 2. The van der Waals surface area contributed by atoms with Crippen molar-refractivity contribution in [3.8, 4) is 11.5 Å². The number of amides is 2. The van der Waals surface area contributed by atoms with Crippen LogP contribution in [0.1, 0.15) is 36.1 Å². The minimum absolute atomic E-state index is 0.124. The molecule has 6 nitrogen and oxygen atoms in total. The number of aryl methyl sites for hydroxylation is 1. The Balaban J connectivity index is 1.95. The van der Waals surface area contributed by atoms with Gasteiger partial charge in [-0.15, -0.1) is 0 Å². The zero-order valence-electron chi connectivity index (χ0n) is 16.9. The van der Waals surface area contributed by atoms with E-state index in [2.05, 4.69) is 16.7 Å². The summed E-state index contributed by atoms with van der Waals surface area (Å²) in [6.07, 6.45) is 0.834. The van der Waals surface area contributed by atoms with Crippen LogP contribution in [-0.2, 0) is 16.0 Å². The number of hydrogen-bond donors (Lipinski definition) is 2. The Morgan fingerprint density at radius 1 is 1.04 bits per heavy atom. The van der Waals surface area contributed by atoms with Crippen molar-refractivity contribution in [2.75, 3.05) is 20.8 Å². The third kappa shape index (κ3) is 6.30. The van der Waals surface area contributed by atoms with Crippen LogP contribution in [0, 0.1) is 6.92 Å². The van der Waals surface area contributed by atoms with E-state index in [4.69, 9.17) is 9.47 Å². The van der Waals surface area contributed by atoms with Gasteiger partial charge in [0, 0.05) is 13.5 Å². The summed E-state index contributed by atoms with van der Waals surface area (Å²) in [5.74, 6) is 1.23. The molecule has 2 aromatic rings. The normalized spacial score (nSPS) is 11.4. The van der Waals surface area contributed by atoms with Crippen molar-refractivity contribution < 1.29 is 19.1 Å². The molecule has 0 aliphatic carbocycles. The summed E-state index contributed by atoms with van der Waals surface area (Å²) in [4.78, 5) is 24.0. The van der Waals surface area contributed by atoms with Crippen molar-refractivity contribution in [1.29, 1.82) is 0 Å². The number of ether oxygens (including phenoxy) is 2. The van der Waals surface area contributed by atoms with Crippen molar-refractivity contribution in [3.05, 3.63) is 59.2 Å². The molecular formula is C22H28N2O4. The van der Waals surface area contributed by atoms with Crippen molar-refractivity contribution in [3.63, 3.8) is 0 Å². The van der Waals surface area contributed by atoms with Crippen molar-refractivity contribution in [2.45, 2.75) is 32.7 Å². The van der Waals surface area contributed by atoms with E-state index in [0.717, 1.165) is 28.2 Å². The maximum absolute atomic E-state index is 12.4. The lowest BCUT2D eigenvalue weighted by molar-refractivity contribution is -0.122. The van der Waals surface area contributed by atoms with Crippen LogP contribution in [0.25, 0.3) is 0 Å². The predicted molar refractivity (Wildman–Crippen MR) is 109 cm³/mol. The molecule has 0 bridgehead atoms. The van der Waals surface area contributed by atoms with Gasteiger partial charge in [0.05, 0.1) is 26.7 Å². The molecule has 150 valence electrons. The predicted octanol–water partition coefficient (Wildman–Crippen LogP) is 2.94. The minimum Gasteiger partial charge on any atom is -0.497 e. The molecule has 0 aliphatic rings. The van der Waals surface area contributed by atoms with Gasteiger partial charge in [0.15, 0.2) is 0 Å². The van der Waals surface area contributed by atoms with Crippen LogP contribution in [0.3, 0.4) is 0 Å². The van der Waals surface area contributed by atoms with Gasteiger partial charge in [-0.3, -0.25) is 9.59 Å². The van der Waals surface area contributed by atoms with Crippen LogP contribution >= 0.6 is 0 Å². The molecule has 0 radical (unpaired) electrons. The lowest BCUT2D eigenvalue weighted by Gasteiger charge is -2.18. The molecule has 0 fully saturated rings. The van der Waals surface area contributed by atoms with E-state index in [1.54, 1.807) is 14.2 Å². The molecule has 0 saturated heterocycles. The average molecular weight is 384 g/mol. The highest BCUT2D eigenvalue weighted by molar-refractivity contribution is 5.79. The first kappa shape index (κ1) is 21.3.